The Morgan fingerprint density at radius 3 is 2.73 bits per heavy atom. The summed E-state index contributed by atoms with van der Waals surface area (Å²) < 4.78 is 40.7. The molecule has 1 aromatic rings. The molecule has 3 amide bonds. The summed E-state index contributed by atoms with van der Waals surface area (Å²) in [6.07, 6.45) is 0. The molecule has 0 bridgehead atoms. The molecule has 0 aliphatic carbocycles. The summed E-state index contributed by atoms with van der Waals surface area (Å²) in [5.41, 5.74) is -0.225. The van der Waals surface area contributed by atoms with Crippen molar-refractivity contribution in [2.45, 2.75) is 17.9 Å². The van der Waals surface area contributed by atoms with Crippen LogP contribution in [0.5, 0.6) is 0 Å². The second-order valence-electron chi connectivity index (χ2n) is 6.05. The van der Waals surface area contributed by atoms with Gasteiger partial charge >= 0.3 is 11.8 Å². The molecule has 2 saturated heterocycles. The Bertz CT molecular complexity index is 888. The second-order valence-corrected chi connectivity index (χ2v) is 7.99. The van der Waals surface area contributed by atoms with E-state index >= 15 is 0 Å². The predicted molar refractivity (Wildman–Crippen MR) is 88.0 cm³/mol. The Kier molecular flexibility index (Phi) is 4.67. The molecule has 2 heterocycles. The van der Waals surface area contributed by atoms with Gasteiger partial charge in [0.15, 0.2) is 0 Å². The molecule has 11 heteroatoms. The summed E-state index contributed by atoms with van der Waals surface area (Å²) >= 11 is 0. The number of piperazine rings is 2. The monoisotopic (exact) mass is 384 g/mol. The van der Waals surface area contributed by atoms with Crippen LogP contribution in [-0.4, -0.2) is 67.6 Å². The Morgan fingerprint density at radius 2 is 2.04 bits per heavy atom. The van der Waals surface area contributed by atoms with Gasteiger partial charge < -0.3 is 15.5 Å². The standard InChI is InChI=1S/C15H17FN4O5S/c1-9(21)18-13-6-11(2-3-12(13)16)26(24,25)19-4-5-20-10(8-19)7-17-14(22)15(20)23/h2-3,6,10H,4-5,7-8H2,1H3,(H,17,22)(H,18,21). The Hall–Kier alpha value is -2.53. The van der Waals surface area contributed by atoms with Crippen LogP contribution in [0.3, 0.4) is 0 Å². The molecule has 26 heavy (non-hydrogen) atoms. The molecule has 0 aromatic heterocycles. The molecule has 140 valence electrons. The third kappa shape index (κ3) is 3.27. The highest BCUT2D eigenvalue weighted by molar-refractivity contribution is 7.89. The van der Waals surface area contributed by atoms with Crippen LogP contribution in [0.2, 0.25) is 0 Å². The average Bonchev–Trinajstić information content (AvgIpc) is 2.59. The minimum atomic E-state index is -3.95. The first-order chi connectivity index (χ1) is 12.2. The smallest absolute Gasteiger partial charge is 0.312 e. The SMILES string of the molecule is CC(=O)Nc1cc(S(=O)(=O)N2CCN3C(=O)C(=O)NCC3C2)ccc1F. The fraction of sp³-hybridized carbons (Fsp3) is 0.400. The van der Waals surface area contributed by atoms with Crippen molar-refractivity contribution in [3.05, 3.63) is 24.0 Å². The van der Waals surface area contributed by atoms with Crippen molar-refractivity contribution in [3.8, 4) is 0 Å². The van der Waals surface area contributed by atoms with E-state index in [1.165, 1.54) is 16.1 Å². The molecule has 3 rings (SSSR count). The van der Waals surface area contributed by atoms with Crippen LogP contribution >= 0.6 is 0 Å². The molecule has 2 aliphatic heterocycles. The van der Waals surface area contributed by atoms with Crippen molar-refractivity contribution < 1.29 is 27.2 Å². The Labute approximate surface area is 149 Å². The molecule has 9 nitrogen and oxygen atoms in total. The normalized spacial score (nSPS) is 21.2. The number of rotatable bonds is 3. The average molecular weight is 384 g/mol. The van der Waals surface area contributed by atoms with Gasteiger partial charge in [-0.15, -0.1) is 0 Å². The van der Waals surface area contributed by atoms with Gasteiger partial charge in [0, 0.05) is 33.1 Å². The summed E-state index contributed by atoms with van der Waals surface area (Å²) in [4.78, 5) is 35.6. The summed E-state index contributed by atoms with van der Waals surface area (Å²) in [5.74, 6) is -2.64. The zero-order valence-corrected chi connectivity index (χ0v) is 14.7. The molecular weight excluding hydrogens is 367 g/mol. The highest BCUT2D eigenvalue weighted by Gasteiger charge is 2.41. The topological polar surface area (TPSA) is 116 Å². The molecule has 1 atom stereocenters. The third-order valence-electron chi connectivity index (χ3n) is 4.29. The summed E-state index contributed by atoms with van der Waals surface area (Å²) in [6, 6.07) is 2.69. The number of nitrogens with zero attached hydrogens (tertiary/aromatic N) is 2. The zero-order valence-electron chi connectivity index (χ0n) is 13.9. The fourth-order valence-corrected chi connectivity index (χ4v) is 4.50. The molecule has 1 unspecified atom stereocenters. The first kappa shape index (κ1) is 18.3. The maximum absolute atomic E-state index is 13.8. The molecule has 0 saturated carbocycles. The van der Waals surface area contributed by atoms with Gasteiger partial charge in [0.05, 0.1) is 16.6 Å². The van der Waals surface area contributed by atoms with Crippen molar-refractivity contribution in [1.29, 1.82) is 0 Å². The van der Waals surface area contributed by atoms with E-state index in [-0.39, 0.29) is 36.8 Å². The van der Waals surface area contributed by atoms with E-state index in [1.54, 1.807) is 0 Å². The summed E-state index contributed by atoms with van der Waals surface area (Å²) in [5, 5.41) is 4.68. The van der Waals surface area contributed by atoms with Gasteiger partial charge in [-0.1, -0.05) is 0 Å². The van der Waals surface area contributed by atoms with Gasteiger partial charge in [-0.2, -0.15) is 4.31 Å². The first-order valence-corrected chi connectivity index (χ1v) is 9.30. The van der Waals surface area contributed by atoms with Crippen molar-refractivity contribution in [1.82, 2.24) is 14.5 Å². The van der Waals surface area contributed by atoms with E-state index in [0.29, 0.717) is 0 Å². The number of hydrogen-bond donors (Lipinski definition) is 2. The number of halogens is 1. The lowest BCUT2D eigenvalue weighted by molar-refractivity contribution is -0.151. The van der Waals surface area contributed by atoms with Crippen molar-refractivity contribution in [3.63, 3.8) is 0 Å². The lowest BCUT2D eigenvalue weighted by Crippen LogP contribution is -2.65. The van der Waals surface area contributed by atoms with Crippen LogP contribution in [0.25, 0.3) is 0 Å². The second kappa shape index (κ2) is 6.65. The molecule has 1 aromatic carbocycles. The molecule has 0 spiro atoms. The first-order valence-electron chi connectivity index (χ1n) is 7.86. The number of fused-ring (bicyclic) bond motifs is 1. The molecule has 2 aliphatic rings. The number of amides is 3. The third-order valence-corrected chi connectivity index (χ3v) is 6.15. The zero-order chi connectivity index (χ0) is 19.1. The van der Waals surface area contributed by atoms with Crippen LogP contribution in [0, 0.1) is 5.82 Å². The highest BCUT2D eigenvalue weighted by atomic mass is 32.2. The number of hydrogen-bond acceptors (Lipinski definition) is 5. The largest absolute Gasteiger partial charge is 0.346 e. The Balaban J connectivity index is 1.84. The van der Waals surface area contributed by atoms with E-state index in [9.17, 15) is 27.2 Å². The van der Waals surface area contributed by atoms with Crippen molar-refractivity contribution >= 4 is 33.4 Å². The molecular formula is C15H17FN4O5S. The van der Waals surface area contributed by atoms with Gasteiger partial charge in [-0.25, -0.2) is 12.8 Å². The van der Waals surface area contributed by atoms with E-state index in [1.807, 2.05) is 0 Å². The van der Waals surface area contributed by atoms with Crippen LogP contribution in [0.15, 0.2) is 23.1 Å². The van der Waals surface area contributed by atoms with Crippen LogP contribution in [0.4, 0.5) is 10.1 Å². The van der Waals surface area contributed by atoms with Gasteiger partial charge in [0.25, 0.3) is 0 Å². The number of nitrogens with one attached hydrogen (secondary N) is 2. The van der Waals surface area contributed by atoms with Gasteiger partial charge in [-0.3, -0.25) is 14.4 Å². The van der Waals surface area contributed by atoms with Crippen LogP contribution in [-0.2, 0) is 24.4 Å². The van der Waals surface area contributed by atoms with E-state index in [0.717, 1.165) is 18.2 Å². The molecule has 2 N–H and O–H groups in total. The van der Waals surface area contributed by atoms with E-state index in [4.69, 9.17) is 0 Å². The van der Waals surface area contributed by atoms with E-state index in [2.05, 4.69) is 10.6 Å². The van der Waals surface area contributed by atoms with Gasteiger partial charge in [0.1, 0.15) is 5.82 Å². The fourth-order valence-electron chi connectivity index (χ4n) is 3.00. The molecule has 0 radical (unpaired) electrons. The number of anilines is 1. The van der Waals surface area contributed by atoms with Crippen molar-refractivity contribution in [2.75, 3.05) is 31.5 Å². The minimum absolute atomic E-state index is 0.0151. The maximum atomic E-state index is 13.8. The summed E-state index contributed by atoms with van der Waals surface area (Å²) in [7, 11) is -3.95. The lowest BCUT2D eigenvalue weighted by Gasteiger charge is -2.42. The number of benzene rings is 1. The maximum Gasteiger partial charge on any atom is 0.312 e. The number of sulfonamides is 1. The number of carbonyl (C=O) groups is 3. The predicted octanol–water partition coefficient (Wildman–Crippen LogP) is -0.885. The van der Waals surface area contributed by atoms with Crippen molar-refractivity contribution in [2.24, 2.45) is 0 Å². The van der Waals surface area contributed by atoms with E-state index < -0.39 is 39.6 Å². The lowest BCUT2D eigenvalue weighted by atomic mass is 10.1. The quantitative estimate of drug-likeness (QED) is 0.657. The number of carbonyl (C=O) groups excluding carboxylic acids is 3. The summed E-state index contributed by atoms with van der Waals surface area (Å²) in [6.45, 7) is 1.48. The van der Waals surface area contributed by atoms with Crippen LogP contribution < -0.4 is 10.6 Å². The van der Waals surface area contributed by atoms with Gasteiger partial charge in [0.2, 0.25) is 15.9 Å². The Morgan fingerprint density at radius 1 is 1.31 bits per heavy atom. The van der Waals surface area contributed by atoms with Crippen LogP contribution in [0.1, 0.15) is 6.92 Å². The van der Waals surface area contributed by atoms with Gasteiger partial charge in [-0.05, 0) is 18.2 Å². The molecule has 2 fully saturated rings. The highest BCUT2D eigenvalue weighted by Crippen LogP contribution is 2.25. The minimum Gasteiger partial charge on any atom is -0.346 e.